The molecule has 2 aliphatic rings. The SMILES string of the molecule is c1ccc(-c2cc(-c3cccc(-c4ccc5c(c4)C4(c6ccccc6-c6ccccc64)c4ccccc4-5)c3)cc(-c3ccccc3)n2)cc1. The minimum Gasteiger partial charge on any atom is -0.248 e. The highest BCUT2D eigenvalue weighted by molar-refractivity contribution is 5.96. The highest BCUT2D eigenvalue weighted by Gasteiger charge is 2.51. The maximum absolute atomic E-state index is 5.12. The number of hydrogen-bond acceptors (Lipinski definition) is 1. The van der Waals surface area contributed by atoms with Crippen LogP contribution in [0.2, 0.25) is 0 Å². The van der Waals surface area contributed by atoms with E-state index >= 15 is 0 Å². The lowest BCUT2D eigenvalue weighted by molar-refractivity contribution is 0.794. The van der Waals surface area contributed by atoms with Crippen molar-refractivity contribution in [3.8, 4) is 67.0 Å². The summed E-state index contributed by atoms with van der Waals surface area (Å²) in [5.74, 6) is 0. The van der Waals surface area contributed by atoms with Crippen molar-refractivity contribution < 1.29 is 0 Å². The van der Waals surface area contributed by atoms with E-state index < -0.39 is 0 Å². The third kappa shape index (κ3) is 4.16. The second kappa shape index (κ2) is 10.9. The van der Waals surface area contributed by atoms with Crippen molar-refractivity contribution in [3.63, 3.8) is 0 Å². The molecule has 1 nitrogen and oxygen atoms in total. The van der Waals surface area contributed by atoms with Crippen molar-refractivity contribution in [2.24, 2.45) is 0 Å². The van der Waals surface area contributed by atoms with Gasteiger partial charge >= 0.3 is 0 Å². The fourth-order valence-corrected chi connectivity index (χ4v) is 8.36. The van der Waals surface area contributed by atoms with Crippen LogP contribution in [0, 0.1) is 0 Å². The van der Waals surface area contributed by atoms with E-state index in [2.05, 4.69) is 188 Å². The van der Waals surface area contributed by atoms with Crippen LogP contribution < -0.4 is 0 Å². The van der Waals surface area contributed by atoms with Gasteiger partial charge in [0, 0.05) is 11.1 Å². The Labute approximate surface area is 286 Å². The average molecular weight is 622 g/mol. The van der Waals surface area contributed by atoms with E-state index in [1.807, 2.05) is 0 Å². The van der Waals surface area contributed by atoms with Gasteiger partial charge in [-0.15, -0.1) is 0 Å². The molecule has 49 heavy (non-hydrogen) atoms. The quantitative estimate of drug-likeness (QED) is 0.191. The maximum atomic E-state index is 5.12. The summed E-state index contributed by atoms with van der Waals surface area (Å²) in [6.45, 7) is 0. The molecule has 0 bridgehead atoms. The molecule has 7 aromatic carbocycles. The standard InChI is InChI=1S/C48H31N/c1-3-14-32(15-4-1)46-30-37(31-47(49-46)33-16-5-2-6-17-33)35-19-13-18-34(28-35)36-26-27-41-40-22-9-12-25-44(40)48(45(41)29-36)42-23-10-7-20-38(42)39-21-8-11-24-43(39)48/h1-31H. The first-order valence-electron chi connectivity index (χ1n) is 17.0. The van der Waals surface area contributed by atoms with Gasteiger partial charge in [0.2, 0.25) is 0 Å². The van der Waals surface area contributed by atoms with Gasteiger partial charge in [0.25, 0.3) is 0 Å². The Hall–Kier alpha value is -6.31. The Balaban J connectivity index is 1.15. The Bertz CT molecular complexity index is 2420. The molecule has 8 aromatic rings. The van der Waals surface area contributed by atoms with E-state index in [-0.39, 0.29) is 5.41 Å². The minimum atomic E-state index is -0.354. The third-order valence-corrected chi connectivity index (χ3v) is 10.5. The van der Waals surface area contributed by atoms with E-state index in [1.54, 1.807) is 0 Å². The van der Waals surface area contributed by atoms with Crippen LogP contribution in [0.3, 0.4) is 0 Å². The first-order valence-corrected chi connectivity index (χ1v) is 17.0. The van der Waals surface area contributed by atoms with Gasteiger partial charge in [-0.3, -0.25) is 0 Å². The predicted octanol–water partition coefficient (Wildman–Crippen LogP) is 12.1. The molecule has 0 N–H and O–H groups in total. The maximum Gasteiger partial charge on any atom is 0.0725 e. The molecular formula is C48H31N. The summed E-state index contributed by atoms with van der Waals surface area (Å²) in [6.07, 6.45) is 0. The molecule has 2 aliphatic carbocycles. The van der Waals surface area contributed by atoms with Crippen molar-refractivity contribution in [2.75, 3.05) is 0 Å². The van der Waals surface area contributed by atoms with Gasteiger partial charge in [0.15, 0.2) is 0 Å². The van der Waals surface area contributed by atoms with E-state index in [9.17, 15) is 0 Å². The highest BCUT2D eigenvalue weighted by Crippen LogP contribution is 2.63. The zero-order valence-electron chi connectivity index (χ0n) is 26.8. The number of benzene rings is 7. The molecule has 0 amide bonds. The Morgan fingerprint density at radius 3 is 1.20 bits per heavy atom. The smallest absolute Gasteiger partial charge is 0.0725 e. The molecule has 0 unspecified atom stereocenters. The summed E-state index contributed by atoms with van der Waals surface area (Å²) in [5, 5.41) is 0. The van der Waals surface area contributed by atoms with Gasteiger partial charge in [-0.25, -0.2) is 4.98 Å². The summed E-state index contributed by atoms with van der Waals surface area (Å²) in [7, 11) is 0. The Kier molecular flexibility index (Phi) is 6.16. The van der Waals surface area contributed by atoms with Crippen molar-refractivity contribution in [1.82, 2.24) is 4.98 Å². The number of pyridine rings is 1. The van der Waals surface area contributed by atoms with Crippen LogP contribution in [-0.4, -0.2) is 4.98 Å². The summed E-state index contributed by atoms with van der Waals surface area (Å²) in [6, 6.07) is 68.5. The molecule has 0 saturated carbocycles. The van der Waals surface area contributed by atoms with E-state index in [4.69, 9.17) is 4.98 Å². The number of aromatic nitrogens is 1. The van der Waals surface area contributed by atoms with Gasteiger partial charge < -0.3 is 0 Å². The van der Waals surface area contributed by atoms with Gasteiger partial charge in [-0.1, -0.05) is 164 Å². The van der Waals surface area contributed by atoms with E-state index in [1.165, 1.54) is 61.2 Å². The fraction of sp³-hybridized carbons (Fsp3) is 0.0208. The van der Waals surface area contributed by atoms with Crippen LogP contribution in [0.5, 0.6) is 0 Å². The molecule has 228 valence electrons. The van der Waals surface area contributed by atoms with Crippen LogP contribution >= 0.6 is 0 Å². The van der Waals surface area contributed by atoms with Gasteiger partial charge in [0.1, 0.15) is 0 Å². The van der Waals surface area contributed by atoms with Crippen LogP contribution in [0.4, 0.5) is 0 Å². The zero-order chi connectivity index (χ0) is 32.4. The largest absolute Gasteiger partial charge is 0.248 e. The molecule has 0 radical (unpaired) electrons. The van der Waals surface area contributed by atoms with Crippen LogP contribution in [0.25, 0.3) is 67.0 Å². The summed E-state index contributed by atoms with van der Waals surface area (Å²) < 4.78 is 0. The van der Waals surface area contributed by atoms with Crippen LogP contribution in [0.15, 0.2) is 188 Å². The van der Waals surface area contributed by atoms with Crippen molar-refractivity contribution in [3.05, 3.63) is 210 Å². The van der Waals surface area contributed by atoms with E-state index in [0.717, 1.165) is 28.1 Å². The van der Waals surface area contributed by atoms with Crippen molar-refractivity contribution in [1.29, 1.82) is 0 Å². The predicted molar refractivity (Wildman–Crippen MR) is 202 cm³/mol. The van der Waals surface area contributed by atoms with Crippen molar-refractivity contribution in [2.45, 2.75) is 5.41 Å². The second-order valence-corrected chi connectivity index (χ2v) is 13.1. The molecule has 0 fully saturated rings. The average Bonchev–Trinajstić information content (AvgIpc) is 3.66. The van der Waals surface area contributed by atoms with E-state index in [0.29, 0.717) is 0 Å². The Morgan fingerprint density at radius 1 is 0.265 bits per heavy atom. The highest BCUT2D eigenvalue weighted by atomic mass is 14.7. The van der Waals surface area contributed by atoms with Gasteiger partial charge in [-0.2, -0.15) is 0 Å². The molecule has 1 heterocycles. The monoisotopic (exact) mass is 621 g/mol. The topological polar surface area (TPSA) is 12.9 Å². The molecule has 1 aromatic heterocycles. The fourth-order valence-electron chi connectivity index (χ4n) is 8.36. The second-order valence-electron chi connectivity index (χ2n) is 13.1. The Morgan fingerprint density at radius 2 is 0.673 bits per heavy atom. The van der Waals surface area contributed by atoms with Crippen molar-refractivity contribution >= 4 is 0 Å². The normalized spacial score (nSPS) is 13.1. The molecule has 1 heteroatoms. The molecular weight excluding hydrogens is 591 g/mol. The zero-order valence-corrected chi connectivity index (χ0v) is 26.8. The minimum absolute atomic E-state index is 0.354. The lowest BCUT2D eigenvalue weighted by Crippen LogP contribution is -2.25. The first kappa shape index (κ1) is 27.8. The summed E-state index contributed by atoms with van der Waals surface area (Å²) >= 11 is 0. The molecule has 10 rings (SSSR count). The molecule has 1 spiro atoms. The van der Waals surface area contributed by atoms with Gasteiger partial charge in [0.05, 0.1) is 16.8 Å². The number of nitrogens with zero attached hydrogens (tertiary/aromatic N) is 1. The summed E-state index contributed by atoms with van der Waals surface area (Å²) in [5.41, 5.74) is 19.3. The number of fused-ring (bicyclic) bond motifs is 10. The summed E-state index contributed by atoms with van der Waals surface area (Å²) in [4.78, 5) is 5.12. The number of hydrogen-bond donors (Lipinski definition) is 0. The molecule has 0 saturated heterocycles. The van der Waals surface area contributed by atoms with Crippen LogP contribution in [-0.2, 0) is 5.41 Å². The van der Waals surface area contributed by atoms with Crippen LogP contribution in [0.1, 0.15) is 22.3 Å². The molecule has 0 atom stereocenters. The third-order valence-electron chi connectivity index (χ3n) is 10.5. The first-order chi connectivity index (χ1) is 24.3. The lowest BCUT2D eigenvalue weighted by Gasteiger charge is -2.30. The molecule has 0 aliphatic heterocycles. The lowest BCUT2D eigenvalue weighted by atomic mass is 9.70. The van der Waals surface area contributed by atoms with Gasteiger partial charge in [-0.05, 0) is 91.0 Å². The number of rotatable bonds is 4.